The van der Waals surface area contributed by atoms with Crippen LogP contribution in [0.15, 0.2) is 54.2 Å². The number of halogens is 1. The van der Waals surface area contributed by atoms with Gasteiger partial charge in [-0.25, -0.2) is 4.39 Å². The fraction of sp³-hybridized carbons (Fsp3) is 0.357. The van der Waals surface area contributed by atoms with Crippen LogP contribution in [-0.4, -0.2) is 12.4 Å². The third kappa shape index (κ3) is 18.4. The topological polar surface area (TPSA) is 12.4 Å². The van der Waals surface area contributed by atoms with Crippen LogP contribution in [0.2, 0.25) is 0 Å². The standard InChI is InChI=1S/C7H11F.C7H11N/c1-3-4-5-6-7(2)8;1-4-7(3)6-8-5-2/h3-7H,1-2H3;5-6H,2-4H2,1H3/b4-3-,6-5-;. The van der Waals surface area contributed by atoms with Crippen molar-refractivity contribution in [2.75, 3.05) is 0 Å². The predicted octanol–water partition coefficient (Wildman–Crippen LogP) is 4.64. The van der Waals surface area contributed by atoms with E-state index >= 15 is 0 Å². The number of allylic oxidation sites excluding steroid dienone is 5. The van der Waals surface area contributed by atoms with Crippen LogP contribution in [0.4, 0.5) is 4.39 Å². The molecule has 0 spiro atoms. The summed E-state index contributed by atoms with van der Waals surface area (Å²) >= 11 is 0. The number of aliphatic imine (C=N–C) groups is 1. The number of alkyl halides is 1. The fourth-order valence-electron chi connectivity index (χ4n) is 0.578. The summed E-state index contributed by atoms with van der Waals surface area (Å²) in [4.78, 5) is 3.78. The molecule has 0 saturated carbocycles. The van der Waals surface area contributed by atoms with Gasteiger partial charge in [0.1, 0.15) is 6.17 Å². The van der Waals surface area contributed by atoms with Crippen LogP contribution in [0.5, 0.6) is 0 Å². The lowest BCUT2D eigenvalue weighted by Gasteiger charge is -1.85. The molecule has 0 bridgehead atoms. The Morgan fingerprint density at radius 2 is 2.06 bits per heavy atom. The van der Waals surface area contributed by atoms with E-state index in [4.69, 9.17) is 0 Å². The van der Waals surface area contributed by atoms with Gasteiger partial charge in [0.05, 0.1) is 0 Å². The van der Waals surface area contributed by atoms with E-state index in [9.17, 15) is 4.39 Å². The Morgan fingerprint density at radius 1 is 1.44 bits per heavy atom. The maximum atomic E-state index is 11.9. The molecule has 0 aliphatic carbocycles. The zero-order valence-corrected chi connectivity index (χ0v) is 10.5. The van der Waals surface area contributed by atoms with Crippen LogP contribution < -0.4 is 0 Å². The van der Waals surface area contributed by atoms with Gasteiger partial charge in [0, 0.05) is 12.4 Å². The molecule has 0 radical (unpaired) electrons. The Kier molecular flexibility index (Phi) is 14.4. The predicted molar refractivity (Wildman–Crippen MR) is 72.6 cm³/mol. The first kappa shape index (κ1) is 17.0. The molecule has 0 aliphatic heterocycles. The highest BCUT2D eigenvalue weighted by atomic mass is 19.1. The zero-order chi connectivity index (χ0) is 12.8. The van der Waals surface area contributed by atoms with Crippen molar-refractivity contribution in [3.05, 3.63) is 49.2 Å². The van der Waals surface area contributed by atoms with E-state index in [-0.39, 0.29) is 0 Å². The second kappa shape index (κ2) is 13.6. The van der Waals surface area contributed by atoms with Crippen molar-refractivity contribution in [3.8, 4) is 0 Å². The summed E-state index contributed by atoms with van der Waals surface area (Å²) in [6.45, 7) is 12.6. The van der Waals surface area contributed by atoms with Crippen LogP contribution >= 0.6 is 0 Å². The van der Waals surface area contributed by atoms with Crippen LogP contribution in [0.3, 0.4) is 0 Å². The van der Waals surface area contributed by atoms with Gasteiger partial charge in [-0.3, -0.25) is 4.99 Å². The van der Waals surface area contributed by atoms with Gasteiger partial charge in [0.25, 0.3) is 0 Å². The van der Waals surface area contributed by atoms with Gasteiger partial charge in [-0.05, 0) is 25.8 Å². The van der Waals surface area contributed by atoms with E-state index in [1.54, 1.807) is 18.4 Å². The molecule has 2 heteroatoms. The summed E-state index contributed by atoms with van der Waals surface area (Å²) in [5.74, 6) is 0. The number of rotatable bonds is 5. The third-order valence-electron chi connectivity index (χ3n) is 1.50. The molecule has 16 heavy (non-hydrogen) atoms. The number of nitrogens with zero attached hydrogens (tertiary/aromatic N) is 1. The minimum absolute atomic E-state index is 0.828. The van der Waals surface area contributed by atoms with Gasteiger partial charge in [-0.15, -0.1) is 0 Å². The minimum Gasteiger partial charge on any atom is -0.265 e. The number of hydrogen-bond acceptors (Lipinski definition) is 1. The normalized spacial score (nSPS) is 12.8. The van der Waals surface area contributed by atoms with E-state index in [1.807, 2.05) is 19.9 Å². The molecule has 0 saturated heterocycles. The summed E-state index contributed by atoms with van der Waals surface area (Å²) in [6, 6.07) is 0. The van der Waals surface area contributed by atoms with E-state index in [1.165, 1.54) is 19.2 Å². The van der Waals surface area contributed by atoms with Gasteiger partial charge in [-0.2, -0.15) is 0 Å². The second-order valence-electron chi connectivity index (χ2n) is 3.06. The summed E-state index contributed by atoms with van der Waals surface area (Å²) in [5, 5.41) is 0. The van der Waals surface area contributed by atoms with Crippen molar-refractivity contribution >= 4 is 6.21 Å². The summed E-state index contributed by atoms with van der Waals surface area (Å²) in [6.07, 6.45) is 10.2. The highest BCUT2D eigenvalue weighted by molar-refractivity contribution is 5.77. The molecule has 0 aromatic carbocycles. The van der Waals surface area contributed by atoms with Crippen molar-refractivity contribution < 1.29 is 4.39 Å². The fourth-order valence-corrected chi connectivity index (χ4v) is 0.578. The Labute approximate surface area is 98.8 Å². The molecule has 90 valence electrons. The van der Waals surface area contributed by atoms with Crippen LogP contribution in [0, 0.1) is 0 Å². The molecule has 0 aromatic rings. The Balaban J connectivity index is 0. The zero-order valence-electron chi connectivity index (χ0n) is 10.5. The molecule has 1 nitrogen and oxygen atoms in total. The Hall–Kier alpha value is -1.44. The first-order valence-corrected chi connectivity index (χ1v) is 5.33. The van der Waals surface area contributed by atoms with Crippen LogP contribution in [-0.2, 0) is 0 Å². The molecule has 1 unspecified atom stereocenters. The SMILES string of the molecule is C/C=C\C=C/C(C)F.C=CN=CC(=C)CC. The van der Waals surface area contributed by atoms with Crippen molar-refractivity contribution in [1.82, 2.24) is 0 Å². The van der Waals surface area contributed by atoms with Crippen LogP contribution in [0.1, 0.15) is 27.2 Å². The minimum atomic E-state index is -0.828. The van der Waals surface area contributed by atoms with Crippen LogP contribution in [0.25, 0.3) is 0 Å². The monoisotopic (exact) mass is 223 g/mol. The van der Waals surface area contributed by atoms with Gasteiger partial charge in [0.15, 0.2) is 0 Å². The average Bonchev–Trinajstić information content (AvgIpc) is 2.26. The largest absolute Gasteiger partial charge is 0.265 e. The third-order valence-corrected chi connectivity index (χ3v) is 1.50. The Morgan fingerprint density at radius 3 is 2.44 bits per heavy atom. The van der Waals surface area contributed by atoms with Gasteiger partial charge < -0.3 is 0 Å². The smallest absolute Gasteiger partial charge is 0.116 e. The first-order valence-electron chi connectivity index (χ1n) is 5.33. The molecular weight excluding hydrogens is 201 g/mol. The van der Waals surface area contributed by atoms with E-state index in [0.717, 1.165) is 12.0 Å². The van der Waals surface area contributed by atoms with E-state index in [2.05, 4.69) is 18.2 Å². The summed E-state index contributed by atoms with van der Waals surface area (Å²) in [7, 11) is 0. The summed E-state index contributed by atoms with van der Waals surface area (Å²) in [5.41, 5.74) is 1.03. The maximum absolute atomic E-state index is 11.9. The molecule has 0 heterocycles. The number of hydrogen-bond donors (Lipinski definition) is 0. The van der Waals surface area contributed by atoms with E-state index < -0.39 is 6.17 Å². The average molecular weight is 223 g/mol. The molecule has 0 rings (SSSR count). The first-order chi connectivity index (χ1) is 7.58. The van der Waals surface area contributed by atoms with Crippen molar-refractivity contribution in [1.29, 1.82) is 0 Å². The molecular formula is C14H22FN. The Bertz CT molecular complexity index is 260. The molecule has 1 atom stereocenters. The van der Waals surface area contributed by atoms with Crippen molar-refractivity contribution in [2.24, 2.45) is 4.99 Å². The van der Waals surface area contributed by atoms with E-state index in [0.29, 0.717) is 0 Å². The van der Waals surface area contributed by atoms with Gasteiger partial charge >= 0.3 is 0 Å². The quantitative estimate of drug-likeness (QED) is 0.475. The lowest BCUT2D eigenvalue weighted by molar-refractivity contribution is 0.430. The lowest BCUT2D eigenvalue weighted by Crippen LogP contribution is -1.80. The van der Waals surface area contributed by atoms with Gasteiger partial charge in [-0.1, -0.05) is 44.4 Å². The maximum Gasteiger partial charge on any atom is 0.116 e. The molecule has 0 fully saturated rings. The molecule has 0 aromatic heterocycles. The van der Waals surface area contributed by atoms with Crippen molar-refractivity contribution in [3.63, 3.8) is 0 Å². The highest BCUT2D eigenvalue weighted by Crippen LogP contribution is 1.90. The van der Waals surface area contributed by atoms with Crippen molar-refractivity contribution in [2.45, 2.75) is 33.4 Å². The molecule has 0 aliphatic rings. The molecule has 0 amide bonds. The van der Waals surface area contributed by atoms with Gasteiger partial charge in [0.2, 0.25) is 0 Å². The highest BCUT2D eigenvalue weighted by Gasteiger charge is 1.83. The molecule has 0 N–H and O–H groups in total. The second-order valence-corrected chi connectivity index (χ2v) is 3.06. The summed E-state index contributed by atoms with van der Waals surface area (Å²) < 4.78 is 11.9. The lowest BCUT2D eigenvalue weighted by atomic mass is 10.3.